The lowest BCUT2D eigenvalue weighted by atomic mass is 10.1. The molecule has 4 nitrogen and oxygen atoms in total. The molecule has 1 aliphatic rings. The van der Waals surface area contributed by atoms with Crippen LogP contribution in [-0.2, 0) is 16.1 Å². The molecule has 1 aliphatic heterocycles. The van der Waals surface area contributed by atoms with Crippen molar-refractivity contribution < 1.29 is 14.6 Å². The van der Waals surface area contributed by atoms with Crippen LogP contribution >= 0.6 is 11.6 Å². The summed E-state index contributed by atoms with van der Waals surface area (Å²) >= 11 is 5.84. The zero-order valence-electron chi connectivity index (χ0n) is 10.0. The number of hydrogen-bond donors (Lipinski definition) is 1. The highest BCUT2D eigenvalue weighted by Gasteiger charge is 2.22. The summed E-state index contributed by atoms with van der Waals surface area (Å²) in [6.45, 7) is 2.88. The lowest BCUT2D eigenvalue weighted by molar-refractivity contribution is -0.142. The van der Waals surface area contributed by atoms with Gasteiger partial charge in [0, 0.05) is 24.7 Å². The van der Waals surface area contributed by atoms with E-state index in [1.807, 2.05) is 24.3 Å². The second kappa shape index (κ2) is 6.18. The van der Waals surface area contributed by atoms with Crippen LogP contribution in [0.2, 0.25) is 5.02 Å². The molecule has 0 radical (unpaired) electrons. The molecule has 1 atom stereocenters. The molecule has 0 spiro atoms. The van der Waals surface area contributed by atoms with Crippen LogP contribution in [0.5, 0.6) is 0 Å². The summed E-state index contributed by atoms with van der Waals surface area (Å²) in [6, 6.07) is 7.71. The van der Waals surface area contributed by atoms with Crippen molar-refractivity contribution in [3.63, 3.8) is 0 Å². The Bertz CT molecular complexity index is 407. The van der Waals surface area contributed by atoms with E-state index in [0.717, 1.165) is 18.1 Å². The first-order chi connectivity index (χ1) is 8.63. The molecule has 0 saturated carbocycles. The van der Waals surface area contributed by atoms with E-state index in [1.54, 1.807) is 0 Å². The molecule has 1 saturated heterocycles. The third kappa shape index (κ3) is 3.98. The van der Waals surface area contributed by atoms with Crippen LogP contribution in [0.15, 0.2) is 24.3 Å². The molecule has 0 bridgehead atoms. The summed E-state index contributed by atoms with van der Waals surface area (Å²) in [4.78, 5) is 12.9. The number of benzene rings is 1. The van der Waals surface area contributed by atoms with E-state index in [0.29, 0.717) is 13.2 Å². The zero-order chi connectivity index (χ0) is 13.0. The molecule has 18 heavy (non-hydrogen) atoms. The van der Waals surface area contributed by atoms with E-state index < -0.39 is 5.97 Å². The third-order valence-corrected chi connectivity index (χ3v) is 3.20. The van der Waals surface area contributed by atoms with Gasteiger partial charge in [0.05, 0.1) is 19.1 Å². The molecule has 0 aromatic heterocycles. The zero-order valence-corrected chi connectivity index (χ0v) is 10.8. The van der Waals surface area contributed by atoms with Crippen molar-refractivity contribution in [1.29, 1.82) is 0 Å². The minimum absolute atomic E-state index is 0.0666. The summed E-state index contributed by atoms with van der Waals surface area (Å²) < 4.78 is 5.43. The van der Waals surface area contributed by atoms with Crippen molar-refractivity contribution in [1.82, 2.24) is 4.90 Å². The predicted molar refractivity (Wildman–Crippen MR) is 68.7 cm³/mol. The van der Waals surface area contributed by atoms with Crippen molar-refractivity contribution in [3.05, 3.63) is 34.9 Å². The van der Waals surface area contributed by atoms with Crippen molar-refractivity contribution in [3.8, 4) is 0 Å². The SMILES string of the molecule is O=C(O)C[C@H]1CN(Cc2ccc(Cl)cc2)CCO1. The van der Waals surface area contributed by atoms with E-state index in [-0.39, 0.29) is 12.5 Å². The van der Waals surface area contributed by atoms with Gasteiger partial charge in [0.1, 0.15) is 0 Å². The van der Waals surface area contributed by atoms with Crippen LogP contribution in [0.25, 0.3) is 0 Å². The van der Waals surface area contributed by atoms with Gasteiger partial charge in [-0.25, -0.2) is 0 Å². The van der Waals surface area contributed by atoms with Gasteiger partial charge >= 0.3 is 5.97 Å². The van der Waals surface area contributed by atoms with Crippen LogP contribution in [0.1, 0.15) is 12.0 Å². The van der Waals surface area contributed by atoms with Crippen LogP contribution in [0.4, 0.5) is 0 Å². The van der Waals surface area contributed by atoms with Crippen LogP contribution in [0, 0.1) is 0 Å². The molecule has 98 valence electrons. The van der Waals surface area contributed by atoms with E-state index in [4.69, 9.17) is 21.4 Å². The number of nitrogens with zero attached hydrogens (tertiary/aromatic N) is 1. The normalized spacial score (nSPS) is 20.8. The Hall–Kier alpha value is -1.10. The fourth-order valence-electron chi connectivity index (χ4n) is 2.09. The van der Waals surface area contributed by atoms with Gasteiger partial charge in [0.25, 0.3) is 0 Å². The Balaban J connectivity index is 1.89. The maximum Gasteiger partial charge on any atom is 0.306 e. The molecule has 1 heterocycles. The summed E-state index contributed by atoms with van der Waals surface area (Å²) in [5.41, 5.74) is 1.18. The summed E-state index contributed by atoms with van der Waals surface area (Å²) in [5, 5.41) is 9.49. The maximum absolute atomic E-state index is 10.7. The highest BCUT2D eigenvalue weighted by molar-refractivity contribution is 6.30. The Morgan fingerprint density at radius 1 is 1.44 bits per heavy atom. The summed E-state index contributed by atoms with van der Waals surface area (Å²) in [6.07, 6.45) is -0.138. The number of rotatable bonds is 4. The standard InChI is InChI=1S/C13H16ClNO3/c14-11-3-1-10(2-4-11)8-15-5-6-18-12(9-15)7-13(16)17/h1-4,12H,5-9H2,(H,16,17)/t12-/m0/s1. The molecular weight excluding hydrogens is 254 g/mol. The topological polar surface area (TPSA) is 49.8 Å². The van der Waals surface area contributed by atoms with Crippen LogP contribution < -0.4 is 0 Å². The Morgan fingerprint density at radius 3 is 2.83 bits per heavy atom. The first kappa shape index (κ1) is 13.3. The van der Waals surface area contributed by atoms with Gasteiger partial charge in [0.2, 0.25) is 0 Å². The molecule has 1 aromatic carbocycles. The molecule has 1 N–H and O–H groups in total. The first-order valence-electron chi connectivity index (χ1n) is 5.93. The van der Waals surface area contributed by atoms with E-state index in [1.165, 1.54) is 5.56 Å². The largest absolute Gasteiger partial charge is 0.481 e. The minimum Gasteiger partial charge on any atom is -0.481 e. The quantitative estimate of drug-likeness (QED) is 0.909. The lowest BCUT2D eigenvalue weighted by Gasteiger charge is -2.32. The number of carbonyl (C=O) groups is 1. The number of halogens is 1. The Morgan fingerprint density at radius 2 is 2.17 bits per heavy atom. The molecule has 0 amide bonds. The average Bonchev–Trinajstić information content (AvgIpc) is 2.32. The highest BCUT2D eigenvalue weighted by Crippen LogP contribution is 2.14. The third-order valence-electron chi connectivity index (χ3n) is 2.94. The summed E-state index contributed by atoms with van der Waals surface area (Å²) in [7, 11) is 0. The molecule has 0 aliphatic carbocycles. The molecule has 1 fully saturated rings. The van der Waals surface area contributed by atoms with Crippen LogP contribution in [-0.4, -0.2) is 41.8 Å². The summed E-state index contributed by atoms with van der Waals surface area (Å²) in [5.74, 6) is -0.812. The second-order valence-corrected chi connectivity index (χ2v) is 4.89. The number of hydrogen-bond acceptors (Lipinski definition) is 3. The van der Waals surface area contributed by atoms with Gasteiger partial charge in [-0.1, -0.05) is 23.7 Å². The van der Waals surface area contributed by atoms with Gasteiger partial charge in [-0.2, -0.15) is 0 Å². The van der Waals surface area contributed by atoms with Crippen molar-refractivity contribution in [2.45, 2.75) is 19.1 Å². The van der Waals surface area contributed by atoms with Gasteiger partial charge in [-0.3, -0.25) is 9.69 Å². The van der Waals surface area contributed by atoms with Gasteiger partial charge in [-0.15, -0.1) is 0 Å². The number of ether oxygens (including phenoxy) is 1. The van der Waals surface area contributed by atoms with Crippen LogP contribution in [0.3, 0.4) is 0 Å². The van der Waals surface area contributed by atoms with Gasteiger partial charge in [0.15, 0.2) is 0 Å². The fraction of sp³-hybridized carbons (Fsp3) is 0.462. The van der Waals surface area contributed by atoms with E-state index >= 15 is 0 Å². The Labute approximate surface area is 111 Å². The monoisotopic (exact) mass is 269 g/mol. The molecular formula is C13H16ClNO3. The Kier molecular flexibility index (Phi) is 4.58. The second-order valence-electron chi connectivity index (χ2n) is 4.45. The fourth-order valence-corrected chi connectivity index (χ4v) is 2.22. The van der Waals surface area contributed by atoms with Crippen molar-refractivity contribution in [2.75, 3.05) is 19.7 Å². The highest BCUT2D eigenvalue weighted by atomic mass is 35.5. The minimum atomic E-state index is -0.812. The number of carboxylic acid groups (broad SMARTS) is 1. The smallest absolute Gasteiger partial charge is 0.306 e. The average molecular weight is 270 g/mol. The molecule has 5 heteroatoms. The van der Waals surface area contributed by atoms with Gasteiger partial charge in [-0.05, 0) is 17.7 Å². The van der Waals surface area contributed by atoms with E-state index in [9.17, 15) is 4.79 Å². The maximum atomic E-state index is 10.7. The first-order valence-corrected chi connectivity index (χ1v) is 6.31. The predicted octanol–water partition coefficient (Wildman–Crippen LogP) is 2.02. The number of aliphatic carboxylic acids is 1. The molecule has 2 rings (SSSR count). The van der Waals surface area contributed by atoms with Crippen molar-refractivity contribution in [2.24, 2.45) is 0 Å². The van der Waals surface area contributed by atoms with Crippen molar-refractivity contribution >= 4 is 17.6 Å². The van der Waals surface area contributed by atoms with Gasteiger partial charge < -0.3 is 9.84 Å². The number of carboxylic acids is 1. The van der Waals surface area contributed by atoms with E-state index in [2.05, 4.69) is 4.90 Å². The molecule has 1 aromatic rings. The lowest BCUT2D eigenvalue weighted by Crippen LogP contribution is -2.42. The number of morpholine rings is 1. The molecule has 0 unspecified atom stereocenters.